The van der Waals surface area contributed by atoms with Gasteiger partial charge in [-0.05, 0) is 56.5 Å². The van der Waals surface area contributed by atoms with Crippen molar-refractivity contribution in [1.82, 2.24) is 20.2 Å². The molecular weight excluding hydrogens is 454 g/mol. The average molecular weight is 484 g/mol. The topological polar surface area (TPSA) is 83.7 Å². The zero-order valence-corrected chi connectivity index (χ0v) is 20.2. The summed E-state index contributed by atoms with van der Waals surface area (Å²) >= 11 is 6.12. The Morgan fingerprint density at radius 2 is 1.97 bits per heavy atom. The second kappa shape index (κ2) is 10.3. The largest absolute Gasteiger partial charge is 0.442 e. The van der Waals surface area contributed by atoms with Crippen molar-refractivity contribution in [3.8, 4) is 0 Å². The van der Waals surface area contributed by atoms with Gasteiger partial charge in [0.1, 0.15) is 17.9 Å². The highest BCUT2D eigenvalue weighted by Crippen LogP contribution is 2.31. The maximum atomic E-state index is 13.3. The molecule has 180 valence electrons. The summed E-state index contributed by atoms with van der Waals surface area (Å²) in [4.78, 5) is 26.6. The SMILES string of the molecule is Cc1oc2ncnc(N3CCOCC3)c2c1C(=O)NCC1CCN(Cc2cccc(Cl)c2)CC1. The van der Waals surface area contributed by atoms with Crippen LogP contribution >= 0.6 is 11.6 Å². The zero-order valence-electron chi connectivity index (χ0n) is 19.4. The standard InChI is InChI=1S/C25H30ClN5O3/c1-17-21(22-23(28-16-29-25(22)34-17)31-9-11-33-12-10-31)24(32)27-14-18-5-7-30(8-6-18)15-19-3-2-4-20(26)13-19/h2-4,13,16,18H,5-12,14-15H2,1H3,(H,27,32). The number of nitrogens with one attached hydrogen (secondary N) is 1. The molecule has 0 atom stereocenters. The Bertz CT molecular complexity index is 1150. The molecule has 3 aromatic rings. The first-order valence-corrected chi connectivity index (χ1v) is 12.3. The van der Waals surface area contributed by atoms with E-state index in [-0.39, 0.29) is 5.91 Å². The third kappa shape index (κ3) is 5.04. The molecule has 2 aromatic heterocycles. The number of carbonyl (C=O) groups is 1. The molecule has 0 saturated carbocycles. The van der Waals surface area contributed by atoms with Crippen LogP contribution in [0.5, 0.6) is 0 Å². The van der Waals surface area contributed by atoms with Gasteiger partial charge in [-0.25, -0.2) is 9.97 Å². The number of benzene rings is 1. The summed E-state index contributed by atoms with van der Waals surface area (Å²) in [5, 5.41) is 4.62. The number of piperidine rings is 1. The summed E-state index contributed by atoms with van der Waals surface area (Å²) in [5.41, 5.74) is 2.23. The van der Waals surface area contributed by atoms with Crippen LogP contribution in [0.3, 0.4) is 0 Å². The number of anilines is 1. The monoisotopic (exact) mass is 483 g/mol. The van der Waals surface area contributed by atoms with Gasteiger partial charge in [-0.1, -0.05) is 23.7 Å². The molecule has 1 aromatic carbocycles. The van der Waals surface area contributed by atoms with E-state index in [1.54, 1.807) is 0 Å². The number of rotatable bonds is 6. The number of nitrogens with zero attached hydrogens (tertiary/aromatic N) is 4. The van der Waals surface area contributed by atoms with E-state index in [9.17, 15) is 4.79 Å². The van der Waals surface area contributed by atoms with Crippen molar-refractivity contribution in [2.24, 2.45) is 5.92 Å². The van der Waals surface area contributed by atoms with E-state index in [4.69, 9.17) is 20.8 Å². The van der Waals surface area contributed by atoms with Crippen molar-refractivity contribution in [3.63, 3.8) is 0 Å². The van der Waals surface area contributed by atoms with Gasteiger partial charge in [0.2, 0.25) is 5.71 Å². The van der Waals surface area contributed by atoms with Gasteiger partial charge in [0.25, 0.3) is 5.91 Å². The Labute approximate surface area is 204 Å². The van der Waals surface area contributed by atoms with Crippen molar-refractivity contribution < 1.29 is 13.9 Å². The molecule has 5 rings (SSSR count). The van der Waals surface area contributed by atoms with Crippen LogP contribution in [0.25, 0.3) is 11.1 Å². The number of furan rings is 1. The second-order valence-electron chi connectivity index (χ2n) is 9.07. The van der Waals surface area contributed by atoms with Crippen molar-refractivity contribution in [3.05, 3.63) is 52.5 Å². The number of aryl methyl sites for hydroxylation is 1. The molecule has 8 nitrogen and oxygen atoms in total. The van der Waals surface area contributed by atoms with Crippen LogP contribution in [-0.2, 0) is 11.3 Å². The highest BCUT2D eigenvalue weighted by molar-refractivity contribution is 6.30. The summed E-state index contributed by atoms with van der Waals surface area (Å²) < 4.78 is 11.3. The molecule has 4 heterocycles. The number of carbonyl (C=O) groups excluding carboxylic acids is 1. The summed E-state index contributed by atoms with van der Waals surface area (Å²) in [7, 11) is 0. The highest BCUT2D eigenvalue weighted by atomic mass is 35.5. The lowest BCUT2D eigenvalue weighted by Crippen LogP contribution is -2.38. The van der Waals surface area contributed by atoms with Crippen LogP contribution in [0.2, 0.25) is 5.02 Å². The first-order chi connectivity index (χ1) is 16.6. The number of morpholine rings is 1. The van der Waals surface area contributed by atoms with Gasteiger partial charge >= 0.3 is 0 Å². The van der Waals surface area contributed by atoms with Crippen LogP contribution < -0.4 is 10.2 Å². The van der Waals surface area contributed by atoms with E-state index in [2.05, 4.69) is 31.2 Å². The summed E-state index contributed by atoms with van der Waals surface area (Å²) in [5.74, 6) is 1.64. The molecule has 2 aliphatic rings. The third-order valence-corrected chi connectivity index (χ3v) is 6.97. The molecule has 0 aliphatic carbocycles. The summed E-state index contributed by atoms with van der Waals surface area (Å²) in [6, 6.07) is 8.04. The lowest BCUT2D eigenvalue weighted by Gasteiger charge is -2.32. The van der Waals surface area contributed by atoms with E-state index in [0.29, 0.717) is 48.1 Å². The Morgan fingerprint density at radius 1 is 1.18 bits per heavy atom. The van der Waals surface area contributed by atoms with Crippen LogP contribution in [0.15, 0.2) is 35.0 Å². The number of aromatic nitrogens is 2. The van der Waals surface area contributed by atoms with Gasteiger partial charge in [-0.15, -0.1) is 0 Å². The molecule has 1 amide bonds. The Morgan fingerprint density at radius 3 is 2.74 bits per heavy atom. The number of halogens is 1. The first-order valence-electron chi connectivity index (χ1n) is 11.9. The lowest BCUT2D eigenvalue weighted by molar-refractivity contribution is 0.0935. The molecular formula is C25H30ClN5O3. The third-order valence-electron chi connectivity index (χ3n) is 6.74. The maximum absolute atomic E-state index is 13.3. The molecule has 0 unspecified atom stereocenters. The van der Waals surface area contributed by atoms with Gasteiger partial charge in [0.15, 0.2) is 0 Å². The Balaban J connectivity index is 1.21. The number of ether oxygens (including phenoxy) is 1. The normalized spacial score (nSPS) is 17.9. The van der Waals surface area contributed by atoms with Gasteiger partial charge < -0.3 is 19.4 Å². The van der Waals surface area contributed by atoms with E-state index in [1.165, 1.54) is 11.9 Å². The van der Waals surface area contributed by atoms with E-state index < -0.39 is 0 Å². The van der Waals surface area contributed by atoms with Crippen LogP contribution in [0, 0.1) is 12.8 Å². The number of amides is 1. The van der Waals surface area contributed by atoms with Crippen LogP contribution in [0.1, 0.15) is 34.5 Å². The molecule has 1 N–H and O–H groups in total. The van der Waals surface area contributed by atoms with Crippen molar-refractivity contribution in [2.75, 3.05) is 50.8 Å². The molecule has 2 fully saturated rings. The van der Waals surface area contributed by atoms with Gasteiger partial charge in [-0.3, -0.25) is 9.69 Å². The molecule has 2 saturated heterocycles. The Kier molecular flexibility index (Phi) is 6.99. The predicted octanol–water partition coefficient (Wildman–Crippen LogP) is 3.66. The summed E-state index contributed by atoms with van der Waals surface area (Å²) in [6.07, 6.45) is 3.59. The minimum absolute atomic E-state index is 0.123. The molecule has 2 aliphatic heterocycles. The number of hydrogen-bond acceptors (Lipinski definition) is 7. The van der Waals surface area contributed by atoms with E-state index >= 15 is 0 Å². The van der Waals surface area contributed by atoms with Gasteiger partial charge in [0, 0.05) is 31.2 Å². The average Bonchev–Trinajstić information content (AvgIpc) is 3.20. The summed E-state index contributed by atoms with van der Waals surface area (Å²) in [6.45, 7) is 8.12. The van der Waals surface area contributed by atoms with E-state index in [0.717, 1.165) is 56.4 Å². The van der Waals surface area contributed by atoms with Crippen molar-refractivity contribution in [2.45, 2.75) is 26.3 Å². The van der Waals surface area contributed by atoms with Crippen LogP contribution in [0.4, 0.5) is 5.82 Å². The minimum Gasteiger partial charge on any atom is -0.442 e. The smallest absolute Gasteiger partial charge is 0.255 e. The van der Waals surface area contributed by atoms with Crippen molar-refractivity contribution >= 4 is 34.4 Å². The first kappa shape index (κ1) is 23.1. The molecule has 0 bridgehead atoms. The Hall–Kier alpha value is -2.68. The predicted molar refractivity (Wildman–Crippen MR) is 131 cm³/mol. The fraction of sp³-hybridized carbons (Fsp3) is 0.480. The zero-order chi connectivity index (χ0) is 23.5. The molecule has 0 spiro atoms. The fourth-order valence-electron chi connectivity index (χ4n) is 4.88. The molecule has 34 heavy (non-hydrogen) atoms. The number of fused-ring (bicyclic) bond motifs is 1. The van der Waals surface area contributed by atoms with E-state index in [1.807, 2.05) is 25.1 Å². The van der Waals surface area contributed by atoms with Crippen molar-refractivity contribution in [1.29, 1.82) is 0 Å². The highest BCUT2D eigenvalue weighted by Gasteiger charge is 2.27. The van der Waals surface area contributed by atoms with Crippen LogP contribution in [-0.4, -0.2) is 66.7 Å². The lowest BCUT2D eigenvalue weighted by atomic mass is 9.96. The number of hydrogen-bond donors (Lipinski definition) is 1. The molecule has 9 heteroatoms. The quantitative estimate of drug-likeness (QED) is 0.572. The fourth-order valence-corrected chi connectivity index (χ4v) is 5.10. The van der Waals surface area contributed by atoms with Gasteiger partial charge in [-0.2, -0.15) is 0 Å². The molecule has 0 radical (unpaired) electrons. The van der Waals surface area contributed by atoms with Gasteiger partial charge in [0.05, 0.1) is 24.2 Å². The number of likely N-dealkylation sites (tertiary alicyclic amines) is 1. The maximum Gasteiger partial charge on any atom is 0.255 e. The second-order valence-corrected chi connectivity index (χ2v) is 9.51. The minimum atomic E-state index is -0.123.